The molecule has 0 atom stereocenters. The number of aliphatic carboxylic acids is 1. The molecule has 6 nitrogen and oxygen atoms in total. The van der Waals surface area contributed by atoms with Crippen molar-refractivity contribution < 1.29 is 24.6 Å². The van der Waals surface area contributed by atoms with Gasteiger partial charge in [0.05, 0.1) is 16.7 Å². The Morgan fingerprint density at radius 2 is 1.74 bits per heavy atom. The van der Waals surface area contributed by atoms with Crippen molar-refractivity contribution >= 4 is 23.5 Å². The summed E-state index contributed by atoms with van der Waals surface area (Å²) in [6.45, 7) is 2.86. The molecule has 0 aliphatic heterocycles. The third kappa shape index (κ3) is 3.80. The van der Waals surface area contributed by atoms with Crippen LogP contribution in [0.15, 0.2) is 24.3 Å². The van der Waals surface area contributed by atoms with E-state index < -0.39 is 23.3 Å². The summed E-state index contributed by atoms with van der Waals surface area (Å²) >= 11 is 0. The van der Waals surface area contributed by atoms with Gasteiger partial charge in [-0.25, -0.2) is 4.79 Å². The van der Waals surface area contributed by atoms with Gasteiger partial charge in [0.2, 0.25) is 5.91 Å². The summed E-state index contributed by atoms with van der Waals surface area (Å²) in [4.78, 5) is 33.6. The number of carboxylic acids is 2. The zero-order valence-electron chi connectivity index (χ0n) is 10.6. The number of hydrogen-bond acceptors (Lipinski definition) is 3. The molecular weight excluding hydrogens is 250 g/mol. The maximum absolute atomic E-state index is 11.7. The number of carbonyl (C=O) groups is 3. The van der Waals surface area contributed by atoms with Crippen LogP contribution in [0.25, 0.3) is 0 Å². The molecule has 3 N–H and O–H groups in total. The first-order valence-electron chi connectivity index (χ1n) is 5.59. The third-order valence-corrected chi connectivity index (χ3v) is 2.61. The summed E-state index contributed by atoms with van der Waals surface area (Å²) in [6, 6.07) is 5.94. The summed E-state index contributed by atoms with van der Waals surface area (Å²) in [7, 11) is 0. The highest BCUT2D eigenvalue weighted by Gasteiger charge is 2.30. The summed E-state index contributed by atoms with van der Waals surface area (Å²) < 4.78 is 0. The Kier molecular flexibility index (Phi) is 4.26. The molecule has 0 fully saturated rings. The molecule has 0 aliphatic carbocycles. The number of amides is 1. The van der Waals surface area contributed by atoms with Gasteiger partial charge in [0.1, 0.15) is 0 Å². The molecule has 0 bridgehead atoms. The molecule has 0 aromatic heterocycles. The fraction of sp³-hybridized carbons (Fsp3) is 0.308. The van der Waals surface area contributed by atoms with Crippen molar-refractivity contribution in [1.29, 1.82) is 0 Å². The number of nitrogens with one attached hydrogen (secondary N) is 1. The molecule has 1 aromatic carbocycles. The van der Waals surface area contributed by atoms with Crippen LogP contribution in [-0.2, 0) is 9.59 Å². The lowest BCUT2D eigenvalue weighted by molar-refractivity contribution is -0.148. The minimum atomic E-state index is -1.21. The second kappa shape index (κ2) is 5.51. The van der Waals surface area contributed by atoms with Crippen molar-refractivity contribution in [3.05, 3.63) is 29.8 Å². The predicted molar refractivity (Wildman–Crippen MR) is 68.1 cm³/mol. The topological polar surface area (TPSA) is 104 Å². The standard InChI is InChI=1S/C13H15NO5/c1-13(2,12(18)19)7-10(15)14-9-6-4-3-5-8(9)11(16)17/h3-6H,7H2,1-2H3,(H,14,15)(H,16,17)(H,18,19). The Labute approximate surface area is 110 Å². The number of para-hydroxylation sites is 1. The van der Waals surface area contributed by atoms with Gasteiger partial charge >= 0.3 is 11.9 Å². The maximum Gasteiger partial charge on any atom is 0.337 e. The number of rotatable bonds is 5. The van der Waals surface area contributed by atoms with E-state index >= 15 is 0 Å². The van der Waals surface area contributed by atoms with Gasteiger partial charge in [0, 0.05) is 6.42 Å². The zero-order chi connectivity index (χ0) is 14.6. The second-order valence-corrected chi connectivity index (χ2v) is 4.76. The Morgan fingerprint density at radius 1 is 1.16 bits per heavy atom. The van der Waals surface area contributed by atoms with Crippen molar-refractivity contribution in [1.82, 2.24) is 0 Å². The fourth-order valence-corrected chi connectivity index (χ4v) is 1.45. The number of benzene rings is 1. The van der Waals surface area contributed by atoms with E-state index in [2.05, 4.69) is 5.32 Å². The zero-order valence-corrected chi connectivity index (χ0v) is 10.6. The van der Waals surface area contributed by atoms with Crippen LogP contribution in [0.5, 0.6) is 0 Å². The smallest absolute Gasteiger partial charge is 0.337 e. The third-order valence-electron chi connectivity index (χ3n) is 2.61. The van der Waals surface area contributed by atoms with Crippen LogP contribution in [0, 0.1) is 5.41 Å². The van der Waals surface area contributed by atoms with Crippen LogP contribution in [0.3, 0.4) is 0 Å². The van der Waals surface area contributed by atoms with Crippen LogP contribution >= 0.6 is 0 Å². The highest BCUT2D eigenvalue weighted by Crippen LogP contribution is 2.22. The van der Waals surface area contributed by atoms with Crippen molar-refractivity contribution in [3.63, 3.8) is 0 Å². The van der Waals surface area contributed by atoms with Gasteiger partial charge in [0.25, 0.3) is 0 Å². The SMILES string of the molecule is CC(C)(CC(=O)Nc1ccccc1C(=O)O)C(=O)O. The van der Waals surface area contributed by atoms with E-state index in [-0.39, 0.29) is 17.7 Å². The number of carboxylic acid groups (broad SMARTS) is 2. The van der Waals surface area contributed by atoms with E-state index in [0.29, 0.717) is 0 Å². The average molecular weight is 265 g/mol. The van der Waals surface area contributed by atoms with Gasteiger partial charge in [-0.3, -0.25) is 9.59 Å². The van der Waals surface area contributed by atoms with Gasteiger partial charge in [0.15, 0.2) is 0 Å². The van der Waals surface area contributed by atoms with Gasteiger partial charge in [-0.05, 0) is 26.0 Å². The number of anilines is 1. The number of carbonyl (C=O) groups excluding carboxylic acids is 1. The number of aromatic carboxylic acids is 1. The Balaban J connectivity index is 2.84. The average Bonchev–Trinajstić information content (AvgIpc) is 2.28. The predicted octanol–water partition coefficient (Wildman–Crippen LogP) is 1.82. The monoisotopic (exact) mass is 265 g/mol. The normalized spacial score (nSPS) is 10.8. The Morgan fingerprint density at radius 3 is 2.26 bits per heavy atom. The summed E-state index contributed by atoms with van der Waals surface area (Å²) in [5.41, 5.74) is -1.09. The van der Waals surface area contributed by atoms with Crippen LogP contribution in [0.4, 0.5) is 5.69 Å². The van der Waals surface area contributed by atoms with Gasteiger partial charge < -0.3 is 15.5 Å². The Bertz CT molecular complexity index is 522. The van der Waals surface area contributed by atoms with Gasteiger partial charge in [-0.1, -0.05) is 12.1 Å². The van der Waals surface area contributed by atoms with E-state index in [0.717, 1.165) is 0 Å². The minimum absolute atomic E-state index is 0.0380. The lowest BCUT2D eigenvalue weighted by Gasteiger charge is -2.18. The highest BCUT2D eigenvalue weighted by molar-refractivity contribution is 6.01. The lowest BCUT2D eigenvalue weighted by Crippen LogP contribution is -2.29. The molecule has 19 heavy (non-hydrogen) atoms. The quantitative estimate of drug-likeness (QED) is 0.753. The van der Waals surface area contributed by atoms with Crippen LogP contribution < -0.4 is 5.32 Å². The molecule has 1 amide bonds. The maximum atomic E-state index is 11.7. The van der Waals surface area contributed by atoms with Crippen molar-refractivity contribution in [2.75, 3.05) is 5.32 Å². The largest absolute Gasteiger partial charge is 0.481 e. The first-order valence-corrected chi connectivity index (χ1v) is 5.59. The molecule has 0 aliphatic rings. The molecule has 0 spiro atoms. The molecule has 6 heteroatoms. The Hall–Kier alpha value is -2.37. The molecule has 0 unspecified atom stereocenters. The first-order chi connectivity index (χ1) is 8.74. The summed E-state index contributed by atoms with van der Waals surface area (Å²) in [6.07, 6.45) is -0.240. The van der Waals surface area contributed by atoms with E-state index in [4.69, 9.17) is 10.2 Å². The van der Waals surface area contributed by atoms with E-state index in [1.807, 2.05) is 0 Å². The van der Waals surface area contributed by atoms with Crippen molar-refractivity contribution in [3.8, 4) is 0 Å². The minimum Gasteiger partial charge on any atom is -0.481 e. The molecule has 0 heterocycles. The molecule has 0 saturated heterocycles. The van der Waals surface area contributed by atoms with Crippen molar-refractivity contribution in [2.45, 2.75) is 20.3 Å². The van der Waals surface area contributed by atoms with Gasteiger partial charge in [-0.15, -0.1) is 0 Å². The van der Waals surface area contributed by atoms with Gasteiger partial charge in [-0.2, -0.15) is 0 Å². The molecular formula is C13H15NO5. The van der Waals surface area contributed by atoms with Crippen LogP contribution in [0.1, 0.15) is 30.6 Å². The highest BCUT2D eigenvalue weighted by atomic mass is 16.4. The summed E-state index contributed by atoms with van der Waals surface area (Å²) in [5.74, 6) is -2.79. The van der Waals surface area contributed by atoms with E-state index in [9.17, 15) is 14.4 Å². The molecule has 0 saturated carbocycles. The van der Waals surface area contributed by atoms with E-state index in [1.54, 1.807) is 12.1 Å². The number of hydrogen-bond donors (Lipinski definition) is 3. The molecule has 1 rings (SSSR count). The first kappa shape index (κ1) is 14.7. The van der Waals surface area contributed by atoms with Crippen LogP contribution in [0.2, 0.25) is 0 Å². The summed E-state index contributed by atoms with van der Waals surface area (Å²) in [5, 5.41) is 20.3. The molecule has 102 valence electrons. The van der Waals surface area contributed by atoms with Crippen LogP contribution in [-0.4, -0.2) is 28.1 Å². The van der Waals surface area contributed by atoms with E-state index in [1.165, 1.54) is 26.0 Å². The molecule has 0 radical (unpaired) electrons. The van der Waals surface area contributed by atoms with Crippen molar-refractivity contribution in [2.24, 2.45) is 5.41 Å². The lowest BCUT2D eigenvalue weighted by atomic mass is 9.89. The molecule has 1 aromatic rings. The second-order valence-electron chi connectivity index (χ2n) is 4.76. The fourth-order valence-electron chi connectivity index (χ4n) is 1.45.